The molecule has 30 heavy (non-hydrogen) atoms. The van der Waals surface area contributed by atoms with Crippen LogP contribution in [0.5, 0.6) is 5.75 Å². The fourth-order valence-electron chi connectivity index (χ4n) is 6.35. The number of hydrogen-bond acceptors (Lipinski definition) is 5. The Morgan fingerprint density at radius 2 is 1.70 bits per heavy atom. The molecule has 4 aliphatic rings. The number of phenols is 1. The second-order valence-electron chi connectivity index (χ2n) is 9.48. The molecule has 4 bridgehead atoms. The molecule has 0 saturated heterocycles. The SMILES string of the molecule is CC(OCCOC12CC3CC(CC(C3)C1)C2)OC(=O)c1ccc2ccccc2c1O. The Hall–Kier alpha value is -2.11. The number of ether oxygens (including phenoxy) is 3. The van der Waals surface area contributed by atoms with E-state index in [9.17, 15) is 9.90 Å². The first-order chi connectivity index (χ1) is 14.5. The van der Waals surface area contributed by atoms with E-state index >= 15 is 0 Å². The molecular formula is C25H30O5. The first kappa shape index (κ1) is 19.8. The number of hydrogen-bond donors (Lipinski definition) is 1. The number of esters is 1. The maximum atomic E-state index is 12.5. The summed E-state index contributed by atoms with van der Waals surface area (Å²) in [6, 6.07) is 10.8. The molecule has 4 fully saturated rings. The van der Waals surface area contributed by atoms with Gasteiger partial charge in [0, 0.05) is 5.39 Å². The molecule has 1 unspecified atom stereocenters. The highest BCUT2D eigenvalue weighted by molar-refractivity contribution is 6.01. The summed E-state index contributed by atoms with van der Waals surface area (Å²) in [7, 11) is 0. The van der Waals surface area contributed by atoms with Crippen LogP contribution in [0.1, 0.15) is 55.8 Å². The van der Waals surface area contributed by atoms with E-state index in [1.807, 2.05) is 18.2 Å². The zero-order chi connectivity index (χ0) is 20.7. The number of fused-ring (bicyclic) bond motifs is 1. The van der Waals surface area contributed by atoms with E-state index in [0.717, 1.165) is 23.1 Å². The van der Waals surface area contributed by atoms with E-state index in [0.29, 0.717) is 18.6 Å². The molecule has 5 heteroatoms. The number of carbonyl (C=O) groups is 1. The van der Waals surface area contributed by atoms with E-state index in [1.165, 1.54) is 38.5 Å². The number of aromatic hydroxyl groups is 1. The van der Waals surface area contributed by atoms with E-state index < -0.39 is 12.3 Å². The van der Waals surface area contributed by atoms with Crippen LogP contribution in [-0.4, -0.2) is 36.2 Å². The molecule has 160 valence electrons. The van der Waals surface area contributed by atoms with E-state index in [2.05, 4.69) is 0 Å². The maximum Gasteiger partial charge on any atom is 0.344 e. The zero-order valence-electron chi connectivity index (χ0n) is 17.5. The lowest BCUT2D eigenvalue weighted by Crippen LogP contribution is -2.52. The van der Waals surface area contributed by atoms with Gasteiger partial charge in [-0.1, -0.05) is 30.3 Å². The lowest BCUT2D eigenvalue weighted by Gasteiger charge is -2.56. The molecule has 0 amide bonds. The van der Waals surface area contributed by atoms with Gasteiger partial charge in [-0.2, -0.15) is 0 Å². The third-order valence-electron chi connectivity index (χ3n) is 7.22. The predicted octanol–water partition coefficient (Wildman–Crippen LogP) is 5.05. The molecule has 5 nitrogen and oxygen atoms in total. The van der Waals surface area contributed by atoms with Gasteiger partial charge in [-0.3, -0.25) is 0 Å². The van der Waals surface area contributed by atoms with E-state index in [-0.39, 0.29) is 16.9 Å². The Morgan fingerprint density at radius 3 is 2.40 bits per heavy atom. The topological polar surface area (TPSA) is 65.0 Å². The smallest absolute Gasteiger partial charge is 0.344 e. The fraction of sp³-hybridized carbons (Fsp3) is 0.560. The van der Waals surface area contributed by atoms with Gasteiger partial charge in [-0.25, -0.2) is 4.79 Å². The molecule has 2 aromatic rings. The molecule has 4 aliphatic carbocycles. The van der Waals surface area contributed by atoms with Crippen LogP contribution in [0.3, 0.4) is 0 Å². The third kappa shape index (κ3) is 3.81. The Kier molecular flexibility index (Phi) is 5.19. The largest absolute Gasteiger partial charge is 0.506 e. The van der Waals surface area contributed by atoms with Crippen LogP contribution in [0.15, 0.2) is 36.4 Å². The minimum absolute atomic E-state index is 0.0598. The second kappa shape index (κ2) is 7.86. The molecule has 2 aromatic carbocycles. The fourth-order valence-corrected chi connectivity index (χ4v) is 6.35. The quantitative estimate of drug-likeness (QED) is 0.393. The summed E-state index contributed by atoms with van der Waals surface area (Å²) in [6.45, 7) is 2.61. The van der Waals surface area contributed by atoms with Gasteiger partial charge >= 0.3 is 5.97 Å². The van der Waals surface area contributed by atoms with E-state index in [1.54, 1.807) is 25.1 Å². The molecule has 1 atom stereocenters. The summed E-state index contributed by atoms with van der Waals surface area (Å²) in [5.41, 5.74) is 0.212. The summed E-state index contributed by atoms with van der Waals surface area (Å²) < 4.78 is 17.4. The Balaban J connectivity index is 1.11. The zero-order valence-corrected chi connectivity index (χ0v) is 17.5. The van der Waals surface area contributed by atoms with Crippen LogP contribution in [0.2, 0.25) is 0 Å². The maximum absolute atomic E-state index is 12.5. The standard InChI is InChI=1S/C25H30O5/c1-16(30-24(27)22-7-6-20-4-2-3-5-21(20)23(22)26)28-8-9-29-25-13-17-10-18(14-25)12-19(11-17)15-25/h2-7,16-19,26H,8-15H2,1H3. The van der Waals surface area contributed by atoms with E-state index in [4.69, 9.17) is 14.2 Å². The number of benzene rings is 2. The lowest BCUT2D eigenvalue weighted by molar-refractivity contribution is -0.180. The van der Waals surface area contributed by atoms with Crippen molar-refractivity contribution < 1.29 is 24.1 Å². The third-order valence-corrected chi connectivity index (χ3v) is 7.22. The van der Waals surface area contributed by atoms with Gasteiger partial charge in [0.25, 0.3) is 0 Å². The average Bonchev–Trinajstić information content (AvgIpc) is 2.70. The molecule has 0 heterocycles. The van der Waals surface area contributed by atoms with Crippen molar-refractivity contribution in [1.29, 1.82) is 0 Å². The average molecular weight is 411 g/mol. The van der Waals surface area contributed by atoms with Gasteiger partial charge in [-0.15, -0.1) is 0 Å². The lowest BCUT2D eigenvalue weighted by atomic mass is 9.54. The highest BCUT2D eigenvalue weighted by Crippen LogP contribution is 2.57. The molecule has 0 radical (unpaired) electrons. The van der Waals surface area contributed by atoms with Crippen molar-refractivity contribution >= 4 is 16.7 Å². The molecular weight excluding hydrogens is 380 g/mol. The van der Waals surface area contributed by atoms with Crippen LogP contribution < -0.4 is 0 Å². The van der Waals surface area contributed by atoms with Gasteiger partial charge in [0.15, 0.2) is 0 Å². The first-order valence-corrected chi connectivity index (χ1v) is 11.2. The summed E-state index contributed by atoms with van der Waals surface area (Å²) in [5, 5.41) is 11.9. The normalized spacial score (nSPS) is 30.5. The summed E-state index contributed by atoms with van der Waals surface area (Å²) in [6.07, 6.45) is 7.08. The number of carbonyl (C=O) groups excluding carboxylic acids is 1. The monoisotopic (exact) mass is 410 g/mol. The van der Waals surface area contributed by atoms with Crippen LogP contribution in [-0.2, 0) is 14.2 Å². The van der Waals surface area contributed by atoms with Crippen molar-refractivity contribution in [1.82, 2.24) is 0 Å². The molecule has 6 rings (SSSR count). The Labute approximate surface area is 177 Å². The predicted molar refractivity (Wildman–Crippen MR) is 113 cm³/mol. The van der Waals surface area contributed by atoms with Gasteiger partial charge < -0.3 is 19.3 Å². The highest BCUT2D eigenvalue weighted by Gasteiger charge is 2.51. The van der Waals surface area contributed by atoms with Gasteiger partial charge in [0.05, 0.1) is 18.8 Å². The van der Waals surface area contributed by atoms with Gasteiger partial charge in [0.1, 0.15) is 11.3 Å². The summed E-state index contributed by atoms with van der Waals surface area (Å²) in [5.74, 6) is 1.91. The van der Waals surface area contributed by atoms with Gasteiger partial charge in [0.2, 0.25) is 6.29 Å². The Morgan fingerprint density at radius 1 is 1.03 bits per heavy atom. The van der Waals surface area contributed by atoms with Crippen molar-refractivity contribution in [2.24, 2.45) is 17.8 Å². The van der Waals surface area contributed by atoms with Crippen LogP contribution >= 0.6 is 0 Å². The molecule has 4 saturated carbocycles. The molecule has 0 aliphatic heterocycles. The number of phenolic OH excluding ortho intramolecular Hbond substituents is 1. The minimum atomic E-state index is -0.705. The summed E-state index contributed by atoms with van der Waals surface area (Å²) >= 11 is 0. The van der Waals surface area contributed by atoms with Crippen molar-refractivity contribution in [3.8, 4) is 5.75 Å². The Bertz CT molecular complexity index is 901. The van der Waals surface area contributed by atoms with Crippen LogP contribution in [0.25, 0.3) is 10.8 Å². The van der Waals surface area contributed by atoms with Crippen molar-refractivity contribution in [3.63, 3.8) is 0 Å². The van der Waals surface area contributed by atoms with Crippen LogP contribution in [0, 0.1) is 17.8 Å². The first-order valence-electron chi connectivity index (χ1n) is 11.2. The van der Waals surface area contributed by atoms with Gasteiger partial charge in [-0.05, 0) is 74.7 Å². The molecule has 1 N–H and O–H groups in total. The van der Waals surface area contributed by atoms with Crippen LogP contribution in [0.4, 0.5) is 0 Å². The second-order valence-corrected chi connectivity index (χ2v) is 9.48. The van der Waals surface area contributed by atoms with Crippen molar-refractivity contribution in [3.05, 3.63) is 42.0 Å². The minimum Gasteiger partial charge on any atom is -0.506 e. The molecule has 0 aromatic heterocycles. The summed E-state index contributed by atoms with van der Waals surface area (Å²) in [4.78, 5) is 12.5. The molecule has 0 spiro atoms. The van der Waals surface area contributed by atoms with Crippen molar-refractivity contribution in [2.45, 2.75) is 57.3 Å². The number of rotatable bonds is 7. The van der Waals surface area contributed by atoms with Crippen molar-refractivity contribution in [2.75, 3.05) is 13.2 Å². The highest BCUT2D eigenvalue weighted by atomic mass is 16.7.